The fraction of sp³-hybridized carbons (Fsp3) is 0. The molecule has 9 heteroatoms. The van der Waals surface area contributed by atoms with Crippen molar-refractivity contribution >= 4 is 73.1 Å². The van der Waals surface area contributed by atoms with Crippen LogP contribution in [0.3, 0.4) is 0 Å². The summed E-state index contributed by atoms with van der Waals surface area (Å²) in [6.45, 7) is 0. The van der Waals surface area contributed by atoms with E-state index in [2.05, 4.69) is 15.9 Å². The molecule has 0 bridgehead atoms. The normalized spacial score (nSPS) is 13.4. The van der Waals surface area contributed by atoms with Crippen LogP contribution < -0.4 is 4.90 Å². The van der Waals surface area contributed by atoms with E-state index in [1.165, 1.54) is 24.3 Å². The van der Waals surface area contributed by atoms with Gasteiger partial charge in [0.05, 0.1) is 21.2 Å². The monoisotopic (exact) mass is 464 g/mol. The van der Waals surface area contributed by atoms with Crippen LogP contribution in [0.4, 0.5) is 11.4 Å². The number of hydrogen-bond donors (Lipinski definition) is 0. The Bertz CT molecular complexity index is 1200. The quantitative estimate of drug-likeness (QED) is 0.279. The number of nitrogens with zero attached hydrogens (tertiary/aromatic N) is 2. The van der Waals surface area contributed by atoms with E-state index in [9.17, 15) is 19.7 Å². The standard InChI is InChI=1S/C18H7BrCl2N2O4/c19-16-9-2-1-3-10-15(9)11(7-14(16)23(26)27)18(25)22(17(10)24)13-5-4-8(20)6-12(13)21/h1-7H. The third-order valence-corrected chi connectivity index (χ3v) is 5.66. The van der Waals surface area contributed by atoms with Crippen molar-refractivity contribution in [3.63, 3.8) is 0 Å². The number of nitro groups is 1. The predicted octanol–water partition coefficient (Wildman–Crippen LogP) is 5.62. The minimum absolute atomic E-state index is 0.0566. The summed E-state index contributed by atoms with van der Waals surface area (Å²) in [5, 5.41) is 12.6. The smallest absolute Gasteiger partial charge is 0.268 e. The molecule has 6 nitrogen and oxygen atoms in total. The maximum atomic E-state index is 13.1. The van der Waals surface area contributed by atoms with Gasteiger partial charge in [0.25, 0.3) is 17.5 Å². The van der Waals surface area contributed by atoms with E-state index in [1.54, 1.807) is 18.2 Å². The first-order valence-electron chi connectivity index (χ1n) is 7.54. The van der Waals surface area contributed by atoms with E-state index in [1.807, 2.05) is 0 Å². The lowest BCUT2D eigenvalue weighted by molar-refractivity contribution is -0.385. The molecule has 1 heterocycles. The first kappa shape index (κ1) is 17.9. The number of anilines is 1. The van der Waals surface area contributed by atoms with Gasteiger partial charge in [-0.3, -0.25) is 19.7 Å². The summed E-state index contributed by atoms with van der Waals surface area (Å²) in [6, 6.07) is 10.3. The molecule has 0 saturated carbocycles. The molecule has 3 aromatic carbocycles. The minimum Gasteiger partial charge on any atom is -0.268 e. The topological polar surface area (TPSA) is 80.5 Å². The van der Waals surface area contributed by atoms with Crippen molar-refractivity contribution in [3.05, 3.63) is 78.2 Å². The van der Waals surface area contributed by atoms with Gasteiger partial charge in [0.2, 0.25) is 0 Å². The highest BCUT2D eigenvalue weighted by molar-refractivity contribution is 9.10. The zero-order chi connectivity index (χ0) is 19.5. The summed E-state index contributed by atoms with van der Waals surface area (Å²) < 4.78 is 0.215. The Morgan fingerprint density at radius 1 is 1.00 bits per heavy atom. The predicted molar refractivity (Wildman–Crippen MR) is 106 cm³/mol. The molecule has 0 fully saturated rings. The number of hydrogen-bond acceptors (Lipinski definition) is 4. The zero-order valence-corrected chi connectivity index (χ0v) is 16.3. The third kappa shape index (κ3) is 2.62. The van der Waals surface area contributed by atoms with Crippen LogP contribution >= 0.6 is 39.1 Å². The van der Waals surface area contributed by atoms with Gasteiger partial charge < -0.3 is 0 Å². The maximum Gasteiger partial charge on any atom is 0.284 e. The van der Waals surface area contributed by atoms with Crippen LogP contribution in [0.5, 0.6) is 0 Å². The highest BCUT2D eigenvalue weighted by Crippen LogP contribution is 2.42. The average molecular weight is 466 g/mol. The average Bonchev–Trinajstić information content (AvgIpc) is 2.62. The van der Waals surface area contributed by atoms with Crippen molar-refractivity contribution in [2.24, 2.45) is 0 Å². The van der Waals surface area contributed by atoms with Gasteiger partial charge >= 0.3 is 0 Å². The second kappa shape index (κ2) is 6.30. The lowest BCUT2D eigenvalue weighted by Gasteiger charge is -2.28. The second-order valence-electron chi connectivity index (χ2n) is 5.78. The number of amides is 2. The number of benzene rings is 3. The van der Waals surface area contributed by atoms with Gasteiger partial charge in [0.15, 0.2) is 0 Å². The molecular formula is C18H7BrCl2N2O4. The van der Waals surface area contributed by atoms with Crippen molar-refractivity contribution < 1.29 is 14.5 Å². The summed E-state index contributed by atoms with van der Waals surface area (Å²) in [6.07, 6.45) is 0. The fourth-order valence-electron chi connectivity index (χ4n) is 3.13. The number of rotatable bonds is 2. The molecule has 134 valence electrons. The van der Waals surface area contributed by atoms with Crippen molar-refractivity contribution in [2.75, 3.05) is 4.90 Å². The van der Waals surface area contributed by atoms with Gasteiger partial charge in [0.1, 0.15) is 4.47 Å². The first-order valence-corrected chi connectivity index (χ1v) is 9.09. The Morgan fingerprint density at radius 2 is 1.70 bits per heavy atom. The molecule has 27 heavy (non-hydrogen) atoms. The summed E-state index contributed by atoms with van der Waals surface area (Å²) in [5.74, 6) is -1.26. The summed E-state index contributed by atoms with van der Waals surface area (Å²) in [4.78, 5) is 37.9. The molecule has 3 aromatic rings. The lowest BCUT2D eigenvalue weighted by atomic mass is 9.93. The summed E-state index contributed by atoms with van der Waals surface area (Å²) >= 11 is 15.3. The van der Waals surface area contributed by atoms with Crippen LogP contribution in [-0.4, -0.2) is 16.7 Å². The zero-order valence-electron chi connectivity index (χ0n) is 13.2. The van der Waals surface area contributed by atoms with Crippen LogP contribution in [0.1, 0.15) is 20.7 Å². The molecule has 0 radical (unpaired) electrons. The van der Waals surface area contributed by atoms with Gasteiger partial charge in [-0.15, -0.1) is 0 Å². The molecule has 0 saturated heterocycles. The van der Waals surface area contributed by atoms with E-state index in [4.69, 9.17) is 23.2 Å². The largest absolute Gasteiger partial charge is 0.284 e. The van der Waals surface area contributed by atoms with E-state index >= 15 is 0 Å². The highest BCUT2D eigenvalue weighted by Gasteiger charge is 2.37. The Morgan fingerprint density at radius 3 is 2.37 bits per heavy atom. The Hall–Kier alpha value is -2.48. The minimum atomic E-state index is -0.691. The summed E-state index contributed by atoms with van der Waals surface area (Å²) in [7, 11) is 0. The first-order chi connectivity index (χ1) is 12.8. The fourth-order valence-corrected chi connectivity index (χ4v) is 4.21. The molecule has 0 aromatic heterocycles. The lowest BCUT2D eigenvalue weighted by Crippen LogP contribution is -2.40. The number of carbonyl (C=O) groups is 2. The van der Waals surface area contributed by atoms with Crippen LogP contribution in [0, 0.1) is 10.1 Å². The summed E-state index contributed by atoms with van der Waals surface area (Å²) in [5.41, 5.74) is 0.202. The number of nitro benzene ring substituents is 1. The Balaban J connectivity index is 2.05. The van der Waals surface area contributed by atoms with E-state index in [0.717, 1.165) is 4.90 Å². The van der Waals surface area contributed by atoms with E-state index in [-0.39, 0.29) is 32.0 Å². The van der Waals surface area contributed by atoms with Crippen molar-refractivity contribution in [2.45, 2.75) is 0 Å². The molecule has 0 atom stereocenters. The molecule has 0 aliphatic carbocycles. The van der Waals surface area contributed by atoms with Crippen LogP contribution in [0.25, 0.3) is 10.8 Å². The molecular weight excluding hydrogens is 459 g/mol. The molecule has 1 aliphatic heterocycles. The Labute approximate surface area is 170 Å². The highest BCUT2D eigenvalue weighted by atomic mass is 79.9. The van der Waals surface area contributed by atoms with Gasteiger partial charge in [-0.05, 0) is 40.2 Å². The van der Waals surface area contributed by atoms with Crippen molar-refractivity contribution in [1.29, 1.82) is 0 Å². The molecule has 4 rings (SSSR count). The third-order valence-electron chi connectivity index (χ3n) is 4.29. The molecule has 0 spiro atoms. The second-order valence-corrected chi connectivity index (χ2v) is 7.42. The molecule has 0 unspecified atom stereocenters. The van der Waals surface area contributed by atoms with Gasteiger partial charge in [0, 0.05) is 27.4 Å². The molecule has 1 aliphatic rings. The Kier molecular flexibility index (Phi) is 4.18. The maximum absolute atomic E-state index is 13.1. The number of carbonyl (C=O) groups excluding carboxylic acids is 2. The molecule has 0 N–H and O–H groups in total. The molecule has 2 amide bonds. The van der Waals surface area contributed by atoms with Gasteiger partial charge in [-0.25, -0.2) is 4.90 Å². The van der Waals surface area contributed by atoms with Crippen LogP contribution in [0.2, 0.25) is 10.0 Å². The van der Waals surface area contributed by atoms with Crippen LogP contribution in [-0.2, 0) is 0 Å². The van der Waals surface area contributed by atoms with Crippen molar-refractivity contribution in [1.82, 2.24) is 0 Å². The van der Waals surface area contributed by atoms with E-state index < -0.39 is 16.7 Å². The number of imide groups is 1. The van der Waals surface area contributed by atoms with Gasteiger partial charge in [-0.1, -0.05) is 35.3 Å². The number of halogens is 3. The SMILES string of the molecule is O=C1c2cccc3c(Br)c([N+](=O)[O-])cc(c23)C(=O)N1c1ccc(Cl)cc1Cl. The van der Waals surface area contributed by atoms with Gasteiger partial charge in [-0.2, -0.15) is 0 Å². The van der Waals surface area contributed by atoms with Crippen LogP contribution in [0.15, 0.2) is 46.9 Å². The van der Waals surface area contributed by atoms with E-state index in [0.29, 0.717) is 15.8 Å². The van der Waals surface area contributed by atoms with Crippen molar-refractivity contribution in [3.8, 4) is 0 Å².